The molecule has 1 aromatic heterocycles. The van der Waals surface area contributed by atoms with E-state index in [0.717, 1.165) is 36.1 Å². The fraction of sp³-hybridized carbons (Fsp3) is 0.308. The Morgan fingerprint density at radius 1 is 1.09 bits per heavy atom. The number of benzene rings is 2. The van der Waals surface area contributed by atoms with Crippen molar-refractivity contribution in [3.8, 4) is 5.75 Å². The highest BCUT2D eigenvalue weighted by atomic mass is 32.1. The summed E-state index contributed by atoms with van der Waals surface area (Å²) < 4.78 is 10.6. The van der Waals surface area contributed by atoms with Crippen LogP contribution in [0.3, 0.4) is 0 Å². The lowest BCUT2D eigenvalue weighted by molar-refractivity contribution is 0.0505. The van der Waals surface area contributed by atoms with Crippen LogP contribution >= 0.6 is 11.3 Å². The maximum atomic E-state index is 12.9. The number of ether oxygens (including phenoxy) is 2. The smallest absolute Gasteiger partial charge is 0.341 e. The van der Waals surface area contributed by atoms with E-state index in [0.29, 0.717) is 34.4 Å². The van der Waals surface area contributed by atoms with Crippen LogP contribution in [0.1, 0.15) is 62.4 Å². The number of esters is 1. The molecule has 3 aromatic rings. The van der Waals surface area contributed by atoms with E-state index in [9.17, 15) is 9.59 Å². The summed E-state index contributed by atoms with van der Waals surface area (Å²) in [5.41, 5.74) is 3.36. The van der Waals surface area contributed by atoms with Crippen molar-refractivity contribution in [2.75, 3.05) is 19.0 Å². The molecule has 0 aliphatic heterocycles. The Kier molecular flexibility index (Phi) is 6.90. The van der Waals surface area contributed by atoms with E-state index >= 15 is 0 Å². The molecular formula is C26H27NO4S. The molecule has 2 aromatic carbocycles. The van der Waals surface area contributed by atoms with E-state index in [4.69, 9.17) is 9.47 Å². The molecule has 1 N–H and O–H groups in total. The average Bonchev–Trinajstić information content (AvgIpc) is 3.20. The molecule has 0 saturated heterocycles. The summed E-state index contributed by atoms with van der Waals surface area (Å²) in [4.78, 5) is 27.0. The number of methoxy groups -OCH3 is 1. The van der Waals surface area contributed by atoms with Gasteiger partial charge < -0.3 is 14.8 Å². The third-order valence-corrected chi connectivity index (χ3v) is 6.93. The Morgan fingerprint density at radius 2 is 1.84 bits per heavy atom. The van der Waals surface area contributed by atoms with Crippen LogP contribution < -0.4 is 10.1 Å². The van der Waals surface area contributed by atoms with E-state index in [-0.39, 0.29) is 11.9 Å². The molecule has 6 heteroatoms. The molecule has 0 fully saturated rings. The van der Waals surface area contributed by atoms with E-state index in [2.05, 4.69) is 29.6 Å². The van der Waals surface area contributed by atoms with Crippen molar-refractivity contribution in [2.24, 2.45) is 0 Å². The van der Waals surface area contributed by atoms with E-state index in [1.54, 1.807) is 31.4 Å². The van der Waals surface area contributed by atoms with Crippen LogP contribution in [0.15, 0.2) is 54.6 Å². The zero-order valence-electron chi connectivity index (χ0n) is 18.4. The van der Waals surface area contributed by atoms with E-state index < -0.39 is 0 Å². The first-order valence-corrected chi connectivity index (χ1v) is 11.7. The largest absolute Gasteiger partial charge is 0.497 e. The van der Waals surface area contributed by atoms with Crippen molar-refractivity contribution < 1.29 is 19.1 Å². The van der Waals surface area contributed by atoms with Crippen LogP contribution in [-0.2, 0) is 17.6 Å². The van der Waals surface area contributed by atoms with E-state index in [1.165, 1.54) is 16.9 Å². The highest BCUT2D eigenvalue weighted by Crippen LogP contribution is 2.43. The van der Waals surface area contributed by atoms with Crippen LogP contribution in [0.5, 0.6) is 5.75 Å². The summed E-state index contributed by atoms with van der Waals surface area (Å²) in [7, 11) is 1.59. The van der Waals surface area contributed by atoms with Gasteiger partial charge in [0.05, 0.1) is 19.3 Å². The molecule has 0 radical (unpaired) electrons. The lowest BCUT2D eigenvalue weighted by atomic mass is 9.83. The Bertz CT molecular complexity index is 1090. The van der Waals surface area contributed by atoms with Crippen molar-refractivity contribution >= 4 is 28.2 Å². The summed E-state index contributed by atoms with van der Waals surface area (Å²) in [6, 6.07) is 17.4. The second-order valence-electron chi connectivity index (χ2n) is 7.88. The number of hydrogen-bond donors (Lipinski definition) is 1. The number of thiophene rings is 1. The van der Waals surface area contributed by atoms with Gasteiger partial charge in [0, 0.05) is 10.4 Å². The molecule has 1 amide bonds. The van der Waals surface area contributed by atoms with Crippen molar-refractivity contribution in [1.82, 2.24) is 0 Å². The Labute approximate surface area is 192 Å². The molecule has 4 rings (SSSR count). The van der Waals surface area contributed by atoms with Crippen LogP contribution in [-0.4, -0.2) is 25.6 Å². The van der Waals surface area contributed by atoms with Crippen LogP contribution in [0.4, 0.5) is 5.00 Å². The van der Waals surface area contributed by atoms with Crippen molar-refractivity contribution in [3.05, 3.63) is 81.7 Å². The van der Waals surface area contributed by atoms with Gasteiger partial charge in [-0.15, -0.1) is 11.3 Å². The molecular weight excluding hydrogens is 422 g/mol. The minimum Gasteiger partial charge on any atom is -0.497 e. The second kappa shape index (κ2) is 10.0. The van der Waals surface area contributed by atoms with Gasteiger partial charge in [-0.25, -0.2) is 4.79 Å². The summed E-state index contributed by atoms with van der Waals surface area (Å²) in [5, 5.41) is 3.55. The molecule has 0 bridgehead atoms. The molecule has 166 valence electrons. The van der Waals surface area contributed by atoms with Crippen molar-refractivity contribution in [3.63, 3.8) is 0 Å². The molecule has 1 unspecified atom stereocenters. The number of amides is 1. The topological polar surface area (TPSA) is 64.6 Å². The first kappa shape index (κ1) is 22.1. The number of anilines is 1. The number of carbonyl (C=O) groups is 2. The first-order chi connectivity index (χ1) is 15.6. The van der Waals surface area contributed by atoms with Gasteiger partial charge >= 0.3 is 5.97 Å². The number of hydrogen-bond acceptors (Lipinski definition) is 5. The van der Waals surface area contributed by atoms with E-state index in [1.807, 2.05) is 13.0 Å². The van der Waals surface area contributed by atoms with Crippen molar-refractivity contribution in [1.29, 1.82) is 0 Å². The summed E-state index contributed by atoms with van der Waals surface area (Å²) in [6.45, 7) is 2.33. The maximum Gasteiger partial charge on any atom is 0.341 e. The number of rotatable bonds is 7. The third kappa shape index (κ3) is 4.70. The normalized spacial score (nSPS) is 15.0. The van der Waals surface area contributed by atoms with Gasteiger partial charge in [-0.2, -0.15) is 0 Å². The first-order valence-electron chi connectivity index (χ1n) is 10.9. The molecule has 0 spiro atoms. The van der Waals surface area contributed by atoms with Gasteiger partial charge in [0.2, 0.25) is 0 Å². The molecule has 1 atom stereocenters. The lowest BCUT2D eigenvalue weighted by Gasteiger charge is -2.23. The minimum absolute atomic E-state index is 0.254. The van der Waals surface area contributed by atoms with Crippen LogP contribution in [0, 0.1) is 0 Å². The lowest BCUT2D eigenvalue weighted by Crippen LogP contribution is -2.17. The fourth-order valence-electron chi connectivity index (χ4n) is 4.08. The highest BCUT2D eigenvalue weighted by molar-refractivity contribution is 7.17. The second-order valence-corrected chi connectivity index (χ2v) is 8.98. The highest BCUT2D eigenvalue weighted by Gasteiger charge is 2.31. The fourth-order valence-corrected chi connectivity index (χ4v) is 5.39. The average molecular weight is 450 g/mol. The van der Waals surface area contributed by atoms with Gasteiger partial charge in [0.25, 0.3) is 5.91 Å². The molecule has 1 aliphatic carbocycles. The Morgan fingerprint density at radius 3 is 2.53 bits per heavy atom. The molecule has 1 heterocycles. The van der Waals surface area contributed by atoms with Gasteiger partial charge in [0.15, 0.2) is 0 Å². The zero-order valence-corrected chi connectivity index (χ0v) is 19.2. The Hall–Kier alpha value is -3.12. The zero-order chi connectivity index (χ0) is 22.5. The standard InChI is InChI=1S/C26H27NO4S/c1-3-15-31-26(29)23-21-14-11-19(17-7-5-4-6-8-17)16-22(21)32-25(23)27-24(28)18-9-12-20(30-2)13-10-18/h4-10,12-13,19H,3,11,14-16H2,1-2H3,(H,27,28). The number of fused-ring (bicyclic) bond motifs is 1. The third-order valence-electron chi connectivity index (χ3n) is 5.76. The predicted molar refractivity (Wildman–Crippen MR) is 127 cm³/mol. The minimum atomic E-state index is -0.354. The molecule has 0 saturated carbocycles. The maximum absolute atomic E-state index is 12.9. The molecule has 1 aliphatic rings. The van der Waals surface area contributed by atoms with Crippen LogP contribution in [0.25, 0.3) is 0 Å². The van der Waals surface area contributed by atoms with Gasteiger partial charge in [-0.3, -0.25) is 4.79 Å². The summed E-state index contributed by atoms with van der Waals surface area (Å²) >= 11 is 1.50. The summed E-state index contributed by atoms with van der Waals surface area (Å²) in [6.07, 6.45) is 3.37. The van der Waals surface area contributed by atoms with Crippen molar-refractivity contribution in [2.45, 2.75) is 38.5 Å². The van der Waals surface area contributed by atoms with Gasteiger partial charge in [-0.05, 0) is 67.0 Å². The molecule has 32 heavy (non-hydrogen) atoms. The number of nitrogens with one attached hydrogen (secondary N) is 1. The molecule has 5 nitrogen and oxygen atoms in total. The van der Waals surface area contributed by atoms with Crippen LogP contribution in [0.2, 0.25) is 0 Å². The SMILES string of the molecule is CCCOC(=O)c1c(NC(=O)c2ccc(OC)cc2)sc2c1CCC(c1ccccc1)C2. The number of carbonyl (C=O) groups excluding carboxylic acids is 2. The summed E-state index contributed by atoms with van der Waals surface area (Å²) in [5.74, 6) is 0.485. The van der Waals surface area contributed by atoms with Gasteiger partial charge in [0.1, 0.15) is 10.8 Å². The quantitative estimate of drug-likeness (QED) is 0.460. The monoisotopic (exact) mass is 449 g/mol. The Balaban J connectivity index is 1.62. The predicted octanol–water partition coefficient (Wildman–Crippen LogP) is 5.85. The van der Waals surface area contributed by atoms with Gasteiger partial charge in [-0.1, -0.05) is 37.3 Å².